The first-order valence-electron chi connectivity index (χ1n) is 12.2. The van der Waals surface area contributed by atoms with Gasteiger partial charge in [-0.3, -0.25) is 4.79 Å². The van der Waals surface area contributed by atoms with Crippen molar-refractivity contribution in [3.8, 4) is 22.6 Å². The van der Waals surface area contributed by atoms with Crippen LogP contribution < -0.4 is 4.74 Å². The Bertz CT molecular complexity index is 1440. The molecule has 6 heteroatoms. The number of phenolic OH excluding ortho intramolecular Hbond substituents is 1. The molecule has 1 amide bonds. The van der Waals surface area contributed by atoms with Crippen LogP contribution in [-0.4, -0.2) is 41.3 Å². The van der Waals surface area contributed by atoms with Crippen molar-refractivity contribution in [2.24, 2.45) is 5.92 Å². The lowest BCUT2D eigenvalue weighted by atomic mass is 9.87. The molecule has 1 atom stereocenters. The van der Waals surface area contributed by atoms with Crippen LogP contribution in [0.5, 0.6) is 11.5 Å². The maximum Gasteiger partial charge on any atom is 0.226 e. The second kappa shape index (κ2) is 8.54. The summed E-state index contributed by atoms with van der Waals surface area (Å²) in [6.07, 6.45) is 1.46. The summed E-state index contributed by atoms with van der Waals surface area (Å²) >= 11 is 1.79. The first-order chi connectivity index (χ1) is 16.9. The van der Waals surface area contributed by atoms with Crippen LogP contribution in [0.2, 0.25) is 0 Å². The Kier molecular flexibility index (Phi) is 5.46. The molecule has 0 radical (unpaired) electrons. The third kappa shape index (κ3) is 4.15. The number of rotatable bonds is 2. The molecule has 35 heavy (non-hydrogen) atoms. The van der Waals surface area contributed by atoms with Crippen molar-refractivity contribution in [3.63, 3.8) is 0 Å². The highest BCUT2D eigenvalue weighted by molar-refractivity contribution is 7.25. The number of ether oxygens (including phenoxy) is 2. The predicted molar refractivity (Wildman–Crippen MR) is 140 cm³/mol. The van der Waals surface area contributed by atoms with Gasteiger partial charge in [-0.25, -0.2) is 0 Å². The number of phenols is 1. The molecular formula is C29H29NO4S. The summed E-state index contributed by atoms with van der Waals surface area (Å²) in [5.74, 6) is 0.702. The number of benzene rings is 3. The molecule has 0 saturated carbocycles. The zero-order valence-corrected chi connectivity index (χ0v) is 20.9. The van der Waals surface area contributed by atoms with E-state index in [-0.39, 0.29) is 23.2 Å². The predicted octanol–water partition coefficient (Wildman–Crippen LogP) is 6.35. The molecule has 1 aromatic heterocycles. The molecule has 0 bridgehead atoms. The van der Waals surface area contributed by atoms with Gasteiger partial charge < -0.3 is 19.5 Å². The number of thiophene rings is 1. The number of amides is 1. The highest BCUT2D eigenvalue weighted by Gasteiger charge is 2.36. The van der Waals surface area contributed by atoms with Crippen LogP contribution in [0.25, 0.3) is 31.3 Å². The second-order valence-electron chi connectivity index (χ2n) is 10.2. The minimum absolute atomic E-state index is 0.0497. The van der Waals surface area contributed by atoms with Crippen LogP contribution in [0.3, 0.4) is 0 Å². The van der Waals surface area contributed by atoms with E-state index in [1.807, 2.05) is 18.7 Å². The van der Waals surface area contributed by atoms with E-state index in [0.717, 1.165) is 29.5 Å². The van der Waals surface area contributed by atoms with E-state index in [1.165, 1.54) is 20.2 Å². The van der Waals surface area contributed by atoms with E-state index in [0.29, 0.717) is 32.1 Å². The van der Waals surface area contributed by atoms with Gasteiger partial charge in [0, 0.05) is 44.8 Å². The fourth-order valence-corrected chi connectivity index (χ4v) is 6.55. The number of hydrogen-bond acceptors (Lipinski definition) is 5. The van der Waals surface area contributed by atoms with Crippen molar-refractivity contribution in [1.29, 1.82) is 0 Å². The minimum Gasteiger partial charge on any atom is -0.504 e. The van der Waals surface area contributed by atoms with Gasteiger partial charge in [-0.1, -0.05) is 24.3 Å². The van der Waals surface area contributed by atoms with Crippen molar-refractivity contribution >= 4 is 37.4 Å². The normalized spacial score (nSPS) is 19.8. The highest BCUT2D eigenvalue weighted by Crippen LogP contribution is 2.41. The molecule has 1 unspecified atom stereocenters. The number of carbonyl (C=O) groups is 1. The van der Waals surface area contributed by atoms with Gasteiger partial charge >= 0.3 is 0 Å². The third-order valence-electron chi connectivity index (χ3n) is 7.18. The zero-order chi connectivity index (χ0) is 24.2. The van der Waals surface area contributed by atoms with Gasteiger partial charge in [-0.15, -0.1) is 11.3 Å². The molecule has 180 valence electrons. The molecule has 0 spiro atoms. The number of carbonyl (C=O) groups excluding carboxylic acids is 1. The Hall–Kier alpha value is -3.09. The summed E-state index contributed by atoms with van der Waals surface area (Å²) in [5, 5.41) is 13.3. The molecular weight excluding hydrogens is 458 g/mol. The highest BCUT2D eigenvalue weighted by atomic mass is 32.1. The SMILES string of the molecule is CC1(C)CC(C(=O)N2CCOc3c(O)cc(-c4ccc5sc6ccccc6c5c4)cc3C2)CCO1. The average molecular weight is 488 g/mol. The van der Waals surface area contributed by atoms with Crippen LogP contribution in [0.15, 0.2) is 54.6 Å². The van der Waals surface area contributed by atoms with Crippen molar-refractivity contribution in [2.75, 3.05) is 19.8 Å². The summed E-state index contributed by atoms with van der Waals surface area (Å²) in [7, 11) is 0. The standard InChI is InChI=1S/C29H29NO4S/c1-29(2)16-19(9-11-34-29)28(32)30-10-12-33-27-21(17-30)13-20(15-24(27)31)18-7-8-26-23(14-18)22-5-3-4-6-25(22)35-26/h3-8,13-15,19,31H,9-12,16-17H2,1-2H3. The largest absolute Gasteiger partial charge is 0.504 e. The molecule has 6 rings (SSSR count). The lowest BCUT2D eigenvalue weighted by molar-refractivity contribution is -0.146. The molecule has 3 heterocycles. The quantitative estimate of drug-likeness (QED) is 0.358. The fourth-order valence-electron chi connectivity index (χ4n) is 5.46. The van der Waals surface area contributed by atoms with Gasteiger partial charge in [0.2, 0.25) is 5.91 Å². The van der Waals surface area contributed by atoms with E-state index < -0.39 is 0 Å². The summed E-state index contributed by atoms with van der Waals surface area (Å²) in [4.78, 5) is 15.3. The molecule has 1 saturated heterocycles. The molecule has 0 aliphatic carbocycles. The van der Waals surface area contributed by atoms with Crippen molar-refractivity contribution in [3.05, 3.63) is 60.2 Å². The van der Waals surface area contributed by atoms with E-state index in [1.54, 1.807) is 17.4 Å². The van der Waals surface area contributed by atoms with Gasteiger partial charge in [-0.2, -0.15) is 0 Å². The van der Waals surface area contributed by atoms with Crippen LogP contribution >= 0.6 is 11.3 Å². The van der Waals surface area contributed by atoms with Crippen LogP contribution in [-0.2, 0) is 16.1 Å². The molecule has 2 aliphatic rings. The lowest BCUT2D eigenvalue weighted by Gasteiger charge is -2.36. The van der Waals surface area contributed by atoms with Gasteiger partial charge in [0.25, 0.3) is 0 Å². The zero-order valence-electron chi connectivity index (χ0n) is 20.0. The maximum atomic E-state index is 13.4. The first kappa shape index (κ1) is 22.4. The third-order valence-corrected chi connectivity index (χ3v) is 8.33. The minimum atomic E-state index is -0.283. The second-order valence-corrected chi connectivity index (χ2v) is 11.3. The van der Waals surface area contributed by atoms with Crippen molar-refractivity contribution in [1.82, 2.24) is 4.90 Å². The van der Waals surface area contributed by atoms with E-state index in [2.05, 4.69) is 48.5 Å². The molecule has 1 fully saturated rings. The average Bonchev–Trinajstić information content (AvgIpc) is 3.06. The van der Waals surface area contributed by atoms with E-state index in [4.69, 9.17) is 9.47 Å². The maximum absolute atomic E-state index is 13.4. The molecule has 1 N–H and O–H groups in total. The van der Waals surface area contributed by atoms with Gasteiger partial charge in [0.05, 0.1) is 12.1 Å². The topological polar surface area (TPSA) is 59.0 Å². The Morgan fingerprint density at radius 1 is 1.03 bits per heavy atom. The molecule has 4 aromatic rings. The number of fused-ring (bicyclic) bond motifs is 4. The summed E-state index contributed by atoms with van der Waals surface area (Å²) in [5.41, 5.74) is 2.51. The Balaban J connectivity index is 1.34. The van der Waals surface area contributed by atoms with Crippen LogP contribution in [0, 0.1) is 5.92 Å². The molecule has 3 aromatic carbocycles. The summed E-state index contributed by atoms with van der Waals surface area (Å²) in [6, 6.07) is 18.7. The smallest absolute Gasteiger partial charge is 0.226 e. The summed E-state index contributed by atoms with van der Waals surface area (Å²) < 4.78 is 14.3. The Morgan fingerprint density at radius 2 is 1.86 bits per heavy atom. The fraction of sp³-hybridized carbons (Fsp3) is 0.345. The van der Waals surface area contributed by atoms with Crippen molar-refractivity contribution < 1.29 is 19.4 Å². The number of aromatic hydroxyl groups is 1. The van der Waals surface area contributed by atoms with Gasteiger partial charge in [-0.05, 0) is 68.1 Å². The van der Waals surface area contributed by atoms with Crippen molar-refractivity contribution in [2.45, 2.75) is 38.8 Å². The summed E-state index contributed by atoms with van der Waals surface area (Å²) in [6.45, 7) is 6.00. The van der Waals surface area contributed by atoms with Crippen LogP contribution in [0.1, 0.15) is 32.3 Å². The number of hydrogen-bond donors (Lipinski definition) is 1. The molecule has 5 nitrogen and oxygen atoms in total. The molecule has 2 aliphatic heterocycles. The lowest BCUT2D eigenvalue weighted by Crippen LogP contribution is -2.43. The van der Waals surface area contributed by atoms with Gasteiger partial charge in [0.1, 0.15) is 6.61 Å². The number of nitrogens with zero attached hydrogens (tertiary/aromatic N) is 1. The van der Waals surface area contributed by atoms with Crippen LogP contribution in [0.4, 0.5) is 0 Å². The monoisotopic (exact) mass is 487 g/mol. The van der Waals surface area contributed by atoms with Gasteiger partial charge in [0.15, 0.2) is 11.5 Å². The Morgan fingerprint density at radius 3 is 2.71 bits per heavy atom. The van der Waals surface area contributed by atoms with E-state index in [9.17, 15) is 9.90 Å². The first-order valence-corrected chi connectivity index (χ1v) is 13.0. The Labute approximate surface area is 208 Å². The van der Waals surface area contributed by atoms with E-state index >= 15 is 0 Å².